The molecule has 1 rings (SSSR count). The standard InChI is InChI=1S/C6H6INO5/c7-5(6(11)12)8(13)3(9)1-2-4(8)10/h5,13H,1-2H2/p+1. The molecule has 1 atom stereocenters. The SMILES string of the molecule is O=C(O)C(I)[N+]1(O)C(=O)CCC1=O. The van der Waals surface area contributed by atoms with E-state index in [0.717, 1.165) is 0 Å². The maximum Gasteiger partial charge on any atom is 0.377 e. The molecule has 2 amide bonds. The molecule has 72 valence electrons. The Hall–Kier alpha value is -0.540. The van der Waals surface area contributed by atoms with Gasteiger partial charge in [-0.05, 0) is 4.65 Å². The first kappa shape index (κ1) is 10.5. The second-order valence-electron chi connectivity index (χ2n) is 2.65. The summed E-state index contributed by atoms with van der Waals surface area (Å²) in [6.07, 6.45) is -0.190. The third-order valence-corrected chi connectivity index (χ3v) is 3.18. The normalized spacial score (nSPS) is 23.2. The van der Waals surface area contributed by atoms with Crippen LogP contribution in [0.25, 0.3) is 0 Å². The molecule has 13 heavy (non-hydrogen) atoms. The number of aliphatic carboxylic acids is 1. The summed E-state index contributed by atoms with van der Waals surface area (Å²) in [6.45, 7) is 0. The topological polar surface area (TPSA) is 91.7 Å². The molecule has 0 radical (unpaired) electrons. The number of hydrogen-bond donors (Lipinski definition) is 2. The number of nitrogens with zero attached hydrogens (tertiary/aromatic N) is 1. The van der Waals surface area contributed by atoms with Crippen LogP contribution in [0.5, 0.6) is 0 Å². The van der Waals surface area contributed by atoms with Crippen LogP contribution in [0, 0.1) is 0 Å². The Bertz CT molecular complexity index is 273. The van der Waals surface area contributed by atoms with Crippen LogP contribution in [0.3, 0.4) is 0 Å². The number of halogens is 1. The van der Waals surface area contributed by atoms with Gasteiger partial charge in [-0.1, -0.05) is 0 Å². The summed E-state index contributed by atoms with van der Waals surface area (Å²) >= 11 is 1.36. The lowest BCUT2D eigenvalue weighted by Gasteiger charge is -2.21. The molecule has 1 unspecified atom stereocenters. The number of carbonyl (C=O) groups excluding carboxylic acids is 2. The van der Waals surface area contributed by atoms with Crippen LogP contribution in [0.15, 0.2) is 0 Å². The monoisotopic (exact) mass is 300 g/mol. The highest BCUT2D eigenvalue weighted by Gasteiger charge is 2.57. The number of likely N-dealkylation sites (tertiary alicyclic amines) is 1. The summed E-state index contributed by atoms with van der Waals surface area (Å²) in [7, 11) is 0. The van der Waals surface area contributed by atoms with Crippen LogP contribution >= 0.6 is 22.6 Å². The van der Waals surface area contributed by atoms with Crippen molar-refractivity contribution in [3.8, 4) is 0 Å². The lowest BCUT2D eigenvalue weighted by molar-refractivity contribution is -0.970. The van der Waals surface area contributed by atoms with E-state index in [1.165, 1.54) is 22.6 Å². The van der Waals surface area contributed by atoms with Crippen molar-refractivity contribution in [2.75, 3.05) is 0 Å². The van der Waals surface area contributed by atoms with E-state index in [2.05, 4.69) is 0 Å². The number of rotatable bonds is 2. The molecule has 6 nitrogen and oxygen atoms in total. The second kappa shape index (κ2) is 3.31. The molecule has 0 saturated carbocycles. The number of imide groups is 1. The van der Waals surface area contributed by atoms with Crippen LogP contribution in [0.4, 0.5) is 0 Å². The minimum atomic E-state index is -1.60. The van der Waals surface area contributed by atoms with Gasteiger partial charge in [-0.3, -0.25) is 0 Å². The molecule has 0 spiro atoms. The lowest BCUT2D eigenvalue weighted by atomic mass is 10.4. The van der Waals surface area contributed by atoms with Crippen molar-refractivity contribution in [1.29, 1.82) is 0 Å². The third kappa shape index (κ3) is 1.46. The molecule has 1 heterocycles. The fourth-order valence-electron chi connectivity index (χ4n) is 1.11. The summed E-state index contributed by atoms with van der Waals surface area (Å²) in [5, 5.41) is 18.1. The van der Waals surface area contributed by atoms with E-state index in [1.807, 2.05) is 0 Å². The van der Waals surface area contributed by atoms with E-state index < -0.39 is 26.5 Å². The van der Waals surface area contributed by atoms with Gasteiger partial charge in [-0.15, -0.1) is 0 Å². The van der Waals surface area contributed by atoms with E-state index in [0.29, 0.717) is 0 Å². The fraction of sp³-hybridized carbons (Fsp3) is 0.500. The Morgan fingerprint density at radius 3 is 2.08 bits per heavy atom. The van der Waals surface area contributed by atoms with E-state index in [4.69, 9.17) is 5.11 Å². The summed E-state index contributed by atoms with van der Waals surface area (Å²) in [6, 6.07) is 0. The number of hydrogen-bond acceptors (Lipinski definition) is 4. The molecule has 0 aromatic rings. The van der Waals surface area contributed by atoms with Gasteiger partial charge < -0.3 is 5.11 Å². The molecule has 0 bridgehead atoms. The molecule has 1 fully saturated rings. The zero-order valence-electron chi connectivity index (χ0n) is 6.44. The number of quaternary nitrogens is 1. The van der Waals surface area contributed by atoms with Crippen molar-refractivity contribution in [3.63, 3.8) is 0 Å². The van der Waals surface area contributed by atoms with Gasteiger partial charge >= 0.3 is 17.8 Å². The van der Waals surface area contributed by atoms with Crippen molar-refractivity contribution in [2.24, 2.45) is 0 Å². The van der Waals surface area contributed by atoms with Gasteiger partial charge in [-0.25, -0.2) is 14.4 Å². The molecule has 7 heteroatoms. The van der Waals surface area contributed by atoms with Gasteiger partial charge in [0, 0.05) is 22.6 Å². The molecule has 2 N–H and O–H groups in total. The molecular weight excluding hydrogens is 293 g/mol. The maximum absolute atomic E-state index is 11.1. The zero-order valence-corrected chi connectivity index (χ0v) is 8.59. The van der Waals surface area contributed by atoms with Crippen LogP contribution in [0.2, 0.25) is 0 Å². The van der Waals surface area contributed by atoms with Crippen molar-refractivity contribution in [1.82, 2.24) is 0 Å². The van der Waals surface area contributed by atoms with Gasteiger partial charge in [0.15, 0.2) is 0 Å². The van der Waals surface area contributed by atoms with E-state index >= 15 is 0 Å². The average Bonchev–Trinajstić information content (AvgIpc) is 2.32. The molecule has 1 aliphatic heterocycles. The summed E-state index contributed by atoms with van der Waals surface area (Å²) in [4.78, 5) is 32.7. The van der Waals surface area contributed by atoms with Crippen LogP contribution in [-0.2, 0) is 14.4 Å². The number of carboxylic acids is 1. The highest BCUT2D eigenvalue weighted by Crippen LogP contribution is 2.27. The van der Waals surface area contributed by atoms with Gasteiger partial charge in [0.2, 0.25) is 0 Å². The number of alkyl halides is 1. The molecule has 0 aromatic heterocycles. The third-order valence-electron chi connectivity index (χ3n) is 1.85. The minimum absolute atomic E-state index is 0.0951. The van der Waals surface area contributed by atoms with Crippen LogP contribution in [0.1, 0.15) is 12.8 Å². The Labute approximate surface area is 86.8 Å². The number of carbonyl (C=O) groups is 3. The first-order chi connectivity index (χ1) is 5.90. The zero-order chi connectivity index (χ0) is 10.2. The smallest absolute Gasteiger partial charge is 0.377 e. The first-order valence-corrected chi connectivity index (χ1v) is 4.70. The van der Waals surface area contributed by atoms with Crippen LogP contribution in [-0.4, -0.2) is 36.8 Å². The largest absolute Gasteiger partial charge is 0.476 e. The van der Waals surface area contributed by atoms with Gasteiger partial charge in [0.25, 0.3) is 4.05 Å². The van der Waals surface area contributed by atoms with Gasteiger partial charge in [0.1, 0.15) is 0 Å². The second-order valence-corrected chi connectivity index (χ2v) is 3.83. The quantitative estimate of drug-likeness (QED) is 0.185. The summed E-state index contributed by atoms with van der Waals surface area (Å²) in [5.74, 6) is -2.90. The van der Waals surface area contributed by atoms with Crippen molar-refractivity contribution < 1.29 is 29.3 Å². The Kier molecular flexibility index (Phi) is 2.68. The number of carboxylic acid groups (broad SMARTS) is 1. The predicted octanol–water partition coefficient (Wildman–Crippen LogP) is -0.115. The first-order valence-electron chi connectivity index (χ1n) is 3.46. The molecule has 1 aliphatic rings. The van der Waals surface area contributed by atoms with E-state index in [-0.39, 0.29) is 12.8 Å². The van der Waals surface area contributed by atoms with Gasteiger partial charge in [0.05, 0.1) is 12.8 Å². The van der Waals surface area contributed by atoms with Crippen molar-refractivity contribution in [3.05, 3.63) is 0 Å². The van der Waals surface area contributed by atoms with E-state index in [1.54, 1.807) is 0 Å². The minimum Gasteiger partial charge on any atom is -0.476 e. The molecule has 0 aliphatic carbocycles. The Morgan fingerprint density at radius 2 is 1.77 bits per heavy atom. The molecule has 0 aromatic carbocycles. The lowest BCUT2D eigenvalue weighted by Crippen LogP contribution is -2.57. The summed E-state index contributed by atoms with van der Waals surface area (Å²) < 4.78 is -3.06. The average molecular weight is 300 g/mol. The predicted molar refractivity (Wildman–Crippen MR) is 46.7 cm³/mol. The fourth-order valence-corrected chi connectivity index (χ4v) is 1.73. The van der Waals surface area contributed by atoms with Crippen molar-refractivity contribution in [2.45, 2.75) is 16.9 Å². The van der Waals surface area contributed by atoms with E-state index in [9.17, 15) is 19.6 Å². The highest BCUT2D eigenvalue weighted by molar-refractivity contribution is 14.1. The number of amides is 2. The Balaban J connectivity index is 3.04. The maximum atomic E-state index is 11.1. The molecule has 1 saturated heterocycles. The number of hydroxylamine groups is 3. The Morgan fingerprint density at radius 1 is 1.38 bits per heavy atom. The molecular formula is C6H7INO5+. The van der Waals surface area contributed by atoms with Crippen LogP contribution < -0.4 is 0 Å². The summed E-state index contributed by atoms with van der Waals surface area (Å²) in [5.41, 5.74) is 0. The van der Waals surface area contributed by atoms with Gasteiger partial charge in [-0.2, -0.15) is 5.21 Å². The van der Waals surface area contributed by atoms with Crippen molar-refractivity contribution >= 4 is 40.4 Å². The highest BCUT2D eigenvalue weighted by atomic mass is 127.